The number of nitrogens with zero attached hydrogens (tertiary/aromatic N) is 3. The maximum absolute atomic E-state index is 12.7. The van der Waals surface area contributed by atoms with Crippen LogP contribution >= 0.6 is 11.6 Å². The lowest BCUT2D eigenvalue weighted by Gasteiger charge is -2.36. The molecule has 0 radical (unpaired) electrons. The zero-order chi connectivity index (χ0) is 18.0. The number of anilines is 1. The van der Waals surface area contributed by atoms with Crippen LogP contribution in [0, 0.1) is 0 Å². The molecule has 9 heteroatoms. The standard InChI is InChI=1S/C16H19ClF3N3O2/c17-13-8-11(16(18,19)20)10-21-15(13)23-5-3-22(4-6-23)14(24)9-12-2-1-7-25-12/h8,10,12H,1-7,9H2. The van der Waals surface area contributed by atoms with Crippen molar-refractivity contribution in [2.75, 3.05) is 37.7 Å². The van der Waals surface area contributed by atoms with Crippen molar-refractivity contribution in [2.45, 2.75) is 31.5 Å². The van der Waals surface area contributed by atoms with Crippen molar-refractivity contribution in [1.82, 2.24) is 9.88 Å². The molecule has 0 spiro atoms. The Labute approximate surface area is 148 Å². The summed E-state index contributed by atoms with van der Waals surface area (Å²) in [7, 11) is 0. The van der Waals surface area contributed by atoms with Gasteiger partial charge in [-0.1, -0.05) is 11.6 Å². The molecule has 3 heterocycles. The van der Waals surface area contributed by atoms with Gasteiger partial charge in [0.25, 0.3) is 0 Å². The van der Waals surface area contributed by atoms with E-state index >= 15 is 0 Å². The molecule has 1 aromatic heterocycles. The fraction of sp³-hybridized carbons (Fsp3) is 0.625. The maximum atomic E-state index is 12.7. The van der Waals surface area contributed by atoms with Gasteiger partial charge in [0.05, 0.1) is 23.1 Å². The lowest BCUT2D eigenvalue weighted by atomic mass is 10.1. The van der Waals surface area contributed by atoms with Crippen LogP contribution in [0.25, 0.3) is 0 Å². The highest BCUT2D eigenvalue weighted by Crippen LogP contribution is 2.33. The van der Waals surface area contributed by atoms with Crippen molar-refractivity contribution in [1.29, 1.82) is 0 Å². The van der Waals surface area contributed by atoms with Crippen molar-refractivity contribution >= 4 is 23.3 Å². The predicted molar refractivity (Wildman–Crippen MR) is 86.6 cm³/mol. The minimum Gasteiger partial charge on any atom is -0.378 e. The molecule has 2 saturated heterocycles. The number of hydrogen-bond donors (Lipinski definition) is 0. The number of alkyl halides is 3. The first-order chi connectivity index (χ1) is 11.8. The molecule has 25 heavy (non-hydrogen) atoms. The van der Waals surface area contributed by atoms with Crippen LogP contribution in [0.15, 0.2) is 12.3 Å². The quantitative estimate of drug-likeness (QED) is 0.812. The second kappa shape index (κ2) is 7.37. The highest BCUT2D eigenvalue weighted by atomic mass is 35.5. The van der Waals surface area contributed by atoms with Gasteiger partial charge in [0.2, 0.25) is 5.91 Å². The fourth-order valence-corrected chi connectivity index (χ4v) is 3.40. The number of carbonyl (C=O) groups excluding carboxylic acids is 1. The fourth-order valence-electron chi connectivity index (χ4n) is 3.12. The summed E-state index contributed by atoms with van der Waals surface area (Å²) in [5.41, 5.74) is -0.869. The van der Waals surface area contributed by atoms with E-state index in [2.05, 4.69) is 4.98 Å². The summed E-state index contributed by atoms with van der Waals surface area (Å²) >= 11 is 5.98. The SMILES string of the molecule is O=C(CC1CCCO1)N1CCN(c2ncc(C(F)(F)F)cc2Cl)CC1. The molecule has 0 aromatic carbocycles. The Morgan fingerprint density at radius 3 is 2.60 bits per heavy atom. The van der Waals surface area contributed by atoms with Gasteiger partial charge in [0.15, 0.2) is 0 Å². The van der Waals surface area contributed by atoms with Crippen LogP contribution in [0.1, 0.15) is 24.8 Å². The first-order valence-corrected chi connectivity index (χ1v) is 8.59. The summed E-state index contributed by atoms with van der Waals surface area (Å²) in [4.78, 5) is 19.7. The van der Waals surface area contributed by atoms with E-state index in [1.165, 1.54) is 0 Å². The van der Waals surface area contributed by atoms with E-state index in [9.17, 15) is 18.0 Å². The Morgan fingerprint density at radius 2 is 2.04 bits per heavy atom. The van der Waals surface area contributed by atoms with Crippen molar-refractivity contribution in [3.63, 3.8) is 0 Å². The second-order valence-electron chi connectivity index (χ2n) is 6.23. The van der Waals surface area contributed by atoms with E-state index < -0.39 is 11.7 Å². The highest BCUT2D eigenvalue weighted by molar-refractivity contribution is 6.33. The molecule has 0 saturated carbocycles. The molecule has 2 aliphatic rings. The number of piperazine rings is 1. The Morgan fingerprint density at radius 1 is 1.32 bits per heavy atom. The minimum atomic E-state index is -4.47. The van der Waals surface area contributed by atoms with Gasteiger partial charge < -0.3 is 14.5 Å². The van der Waals surface area contributed by atoms with Crippen molar-refractivity contribution in [2.24, 2.45) is 0 Å². The third-order valence-electron chi connectivity index (χ3n) is 4.51. The number of pyridine rings is 1. The topological polar surface area (TPSA) is 45.7 Å². The van der Waals surface area contributed by atoms with Crippen LogP contribution in [0.4, 0.5) is 19.0 Å². The summed E-state index contributed by atoms with van der Waals surface area (Å²) in [6.07, 6.45) is -1.38. The average Bonchev–Trinajstić information content (AvgIpc) is 3.07. The minimum absolute atomic E-state index is 0.0107. The van der Waals surface area contributed by atoms with Gasteiger partial charge in [0, 0.05) is 39.0 Å². The molecular formula is C16H19ClF3N3O2. The summed E-state index contributed by atoms with van der Waals surface area (Å²) in [6.45, 7) is 2.66. The number of rotatable bonds is 3. The molecular weight excluding hydrogens is 359 g/mol. The van der Waals surface area contributed by atoms with Gasteiger partial charge in [-0.15, -0.1) is 0 Å². The zero-order valence-corrected chi connectivity index (χ0v) is 14.3. The lowest BCUT2D eigenvalue weighted by molar-refractivity contribution is -0.138. The number of halogens is 4. The average molecular weight is 378 g/mol. The number of amides is 1. The van der Waals surface area contributed by atoms with Crippen LogP contribution < -0.4 is 4.90 Å². The van der Waals surface area contributed by atoms with Crippen LogP contribution in [0.5, 0.6) is 0 Å². The van der Waals surface area contributed by atoms with Crippen molar-refractivity contribution < 1.29 is 22.7 Å². The van der Waals surface area contributed by atoms with Crippen LogP contribution in [0.2, 0.25) is 5.02 Å². The Bertz CT molecular complexity index is 628. The van der Waals surface area contributed by atoms with Gasteiger partial charge in [0.1, 0.15) is 5.82 Å². The molecule has 0 bridgehead atoms. The molecule has 3 rings (SSSR count). The van der Waals surface area contributed by atoms with Crippen LogP contribution in [0.3, 0.4) is 0 Å². The first-order valence-electron chi connectivity index (χ1n) is 8.21. The first kappa shape index (κ1) is 18.3. The summed E-state index contributed by atoms with van der Waals surface area (Å²) in [5, 5.41) is -0.0334. The van der Waals surface area contributed by atoms with Gasteiger partial charge in [-0.25, -0.2) is 4.98 Å². The molecule has 0 aliphatic carbocycles. The highest BCUT2D eigenvalue weighted by Gasteiger charge is 2.32. The van der Waals surface area contributed by atoms with Crippen LogP contribution in [-0.4, -0.2) is 54.7 Å². The molecule has 2 fully saturated rings. The van der Waals surface area contributed by atoms with E-state index in [-0.39, 0.29) is 17.0 Å². The van der Waals surface area contributed by atoms with E-state index in [0.29, 0.717) is 45.0 Å². The van der Waals surface area contributed by atoms with E-state index in [4.69, 9.17) is 16.3 Å². The summed E-state index contributed by atoms with van der Waals surface area (Å²) in [6, 6.07) is 0.888. The lowest BCUT2D eigenvalue weighted by Crippen LogP contribution is -2.49. The smallest absolute Gasteiger partial charge is 0.378 e. The van der Waals surface area contributed by atoms with E-state index in [0.717, 1.165) is 25.1 Å². The third-order valence-corrected chi connectivity index (χ3v) is 4.79. The van der Waals surface area contributed by atoms with E-state index in [1.54, 1.807) is 9.80 Å². The van der Waals surface area contributed by atoms with Crippen molar-refractivity contribution in [3.05, 3.63) is 22.8 Å². The normalized spacial score (nSPS) is 21.7. The Kier molecular flexibility index (Phi) is 5.38. The van der Waals surface area contributed by atoms with Crippen LogP contribution in [-0.2, 0) is 15.7 Å². The molecule has 1 unspecified atom stereocenters. The molecule has 0 N–H and O–H groups in total. The maximum Gasteiger partial charge on any atom is 0.417 e. The Hall–Kier alpha value is -1.54. The monoisotopic (exact) mass is 377 g/mol. The van der Waals surface area contributed by atoms with Gasteiger partial charge in [-0.2, -0.15) is 13.2 Å². The molecule has 2 aliphatic heterocycles. The molecule has 1 aromatic rings. The largest absolute Gasteiger partial charge is 0.417 e. The predicted octanol–water partition coefficient (Wildman–Crippen LogP) is 2.97. The van der Waals surface area contributed by atoms with Gasteiger partial charge >= 0.3 is 6.18 Å². The number of hydrogen-bond acceptors (Lipinski definition) is 4. The summed E-state index contributed by atoms with van der Waals surface area (Å²) in [5.74, 6) is 0.374. The van der Waals surface area contributed by atoms with Gasteiger partial charge in [-0.3, -0.25) is 4.79 Å². The number of aromatic nitrogens is 1. The third kappa shape index (κ3) is 4.36. The molecule has 138 valence electrons. The summed E-state index contributed by atoms with van der Waals surface area (Å²) < 4.78 is 43.5. The Balaban J connectivity index is 1.57. The van der Waals surface area contributed by atoms with Gasteiger partial charge in [-0.05, 0) is 18.9 Å². The molecule has 5 nitrogen and oxygen atoms in total. The zero-order valence-electron chi connectivity index (χ0n) is 13.6. The number of carbonyl (C=O) groups is 1. The molecule has 1 atom stereocenters. The van der Waals surface area contributed by atoms with E-state index in [1.807, 2.05) is 0 Å². The molecule has 1 amide bonds. The van der Waals surface area contributed by atoms with Crippen molar-refractivity contribution in [3.8, 4) is 0 Å². The second-order valence-corrected chi connectivity index (χ2v) is 6.64. The number of ether oxygens (including phenoxy) is 1.